The largest absolute Gasteiger partial charge is 0.508 e. The second-order valence-electron chi connectivity index (χ2n) is 5.83. The zero-order chi connectivity index (χ0) is 14.7. The third-order valence-electron chi connectivity index (χ3n) is 4.68. The van der Waals surface area contributed by atoms with Crippen molar-refractivity contribution in [2.75, 3.05) is 7.11 Å². The molecule has 1 saturated carbocycles. The summed E-state index contributed by atoms with van der Waals surface area (Å²) >= 11 is 0. The number of rotatable bonds is 4. The molecule has 1 aliphatic rings. The van der Waals surface area contributed by atoms with Crippen molar-refractivity contribution in [1.29, 1.82) is 0 Å². The van der Waals surface area contributed by atoms with E-state index in [-0.39, 0.29) is 6.10 Å². The molecule has 1 unspecified atom stereocenters. The topological polar surface area (TPSA) is 29.5 Å². The maximum Gasteiger partial charge on any atom is 0.119 e. The van der Waals surface area contributed by atoms with Gasteiger partial charge in [-0.1, -0.05) is 55.0 Å². The van der Waals surface area contributed by atoms with E-state index >= 15 is 0 Å². The molecule has 2 aromatic rings. The number of para-hydroxylation sites is 1. The Labute approximate surface area is 126 Å². The van der Waals surface area contributed by atoms with Gasteiger partial charge in [0.25, 0.3) is 0 Å². The van der Waals surface area contributed by atoms with Crippen molar-refractivity contribution in [3.63, 3.8) is 0 Å². The molecule has 3 atom stereocenters. The predicted octanol–water partition coefficient (Wildman–Crippen LogP) is 4.66. The fourth-order valence-electron chi connectivity index (χ4n) is 3.74. The number of phenols is 1. The van der Waals surface area contributed by atoms with Gasteiger partial charge in [-0.05, 0) is 41.9 Å². The number of hydrogen-bond donors (Lipinski definition) is 1. The van der Waals surface area contributed by atoms with E-state index in [9.17, 15) is 5.11 Å². The molecule has 1 aliphatic carbocycles. The highest BCUT2D eigenvalue weighted by Gasteiger charge is 2.36. The van der Waals surface area contributed by atoms with E-state index in [1.807, 2.05) is 18.2 Å². The number of ether oxygens (including phenoxy) is 1. The number of benzene rings is 2. The lowest BCUT2D eigenvalue weighted by molar-refractivity contribution is 0.0465. The highest BCUT2D eigenvalue weighted by Crippen LogP contribution is 2.49. The fourth-order valence-corrected chi connectivity index (χ4v) is 3.74. The van der Waals surface area contributed by atoms with Gasteiger partial charge in [0.2, 0.25) is 0 Å². The van der Waals surface area contributed by atoms with Crippen LogP contribution in [-0.2, 0) is 4.74 Å². The summed E-state index contributed by atoms with van der Waals surface area (Å²) in [5.41, 5.74) is 2.30. The Bertz CT molecular complexity index is 579. The average Bonchev–Trinajstić information content (AvgIpc) is 2.99. The van der Waals surface area contributed by atoms with Crippen LogP contribution in [-0.4, -0.2) is 12.2 Å². The lowest BCUT2D eigenvalue weighted by atomic mass is 9.82. The second-order valence-corrected chi connectivity index (χ2v) is 5.83. The summed E-state index contributed by atoms with van der Waals surface area (Å²) in [5.74, 6) is 1.21. The van der Waals surface area contributed by atoms with Crippen LogP contribution in [0.25, 0.3) is 0 Å². The molecule has 0 bridgehead atoms. The Morgan fingerprint density at radius 2 is 1.71 bits per heavy atom. The van der Waals surface area contributed by atoms with Gasteiger partial charge >= 0.3 is 0 Å². The Balaban J connectivity index is 1.91. The second kappa shape index (κ2) is 6.31. The standard InChI is InChI=1S/C19H22O2/c1-21-19(14-8-3-2-4-9-14)17-12-7-11-15(17)16-10-5-6-13-18(16)20/h2-6,8-10,13,15,17,19-20H,7,11-12H2,1H3/t15-,17+,19?/m0/s1. The van der Waals surface area contributed by atoms with Gasteiger partial charge in [0.05, 0.1) is 6.10 Å². The van der Waals surface area contributed by atoms with Crippen molar-refractivity contribution in [2.24, 2.45) is 5.92 Å². The number of hydrogen-bond acceptors (Lipinski definition) is 2. The zero-order valence-electron chi connectivity index (χ0n) is 12.4. The lowest BCUT2D eigenvalue weighted by Gasteiger charge is -2.28. The van der Waals surface area contributed by atoms with Gasteiger partial charge < -0.3 is 9.84 Å². The van der Waals surface area contributed by atoms with Gasteiger partial charge in [-0.3, -0.25) is 0 Å². The fraction of sp³-hybridized carbons (Fsp3) is 0.368. The number of phenolic OH excluding ortho intramolecular Hbond substituents is 1. The third-order valence-corrected chi connectivity index (χ3v) is 4.68. The Kier molecular flexibility index (Phi) is 4.26. The minimum absolute atomic E-state index is 0.0957. The summed E-state index contributed by atoms with van der Waals surface area (Å²) in [6.45, 7) is 0. The van der Waals surface area contributed by atoms with Crippen LogP contribution in [0.4, 0.5) is 0 Å². The van der Waals surface area contributed by atoms with Crippen LogP contribution < -0.4 is 0 Å². The highest BCUT2D eigenvalue weighted by molar-refractivity contribution is 5.36. The summed E-state index contributed by atoms with van der Waals surface area (Å²) in [7, 11) is 1.79. The molecule has 1 N–H and O–H groups in total. The maximum atomic E-state index is 10.2. The molecule has 0 aromatic heterocycles. The first-order valence-corrected chi connectivity index (χ1v) is 7.67. The molecule has 0 saturated heterocycles. The Morgan fingerprint density at radius 1 is 1.00 bits per heavy atom. The summed E-state index contributed by atoms with van der Waals surface area (Å²) in [6, 6.07) is 18.2. The molecule has 2 aromatic carbocycles. The minimum Gasteiger partial charge on any atom is -0.508 e. The summed E-state index contributed by atoms with van der Waals surface area (Å²) in [4.78, 5) is 0. The molecular formula is C19H22O2. The Hall–Kier alpha value is -1.80. The summed E-state index contributed by atoms with van der Waals surface area (Å²) in [6.07, 6.45) is 3.55. The van der Waals surface area contributed by atoms with Gasteiger partial charge in [-0.25, -0.2) is 0 Å². The maximum absolute atomic E-state index is 10.2. The molecule has 21 heavy (non-hydrogen) atoms. The molecule has 110 valence electrons. The highest BCUT2D eigenvalue weighted by atomic mass is 16.5. The van der Waals surface area contributed by atoms with Crippen LogP contribution in [0.1, 0.15) is 42.4 Å². The van der Waals surface area contributed by atoms with Crippen molar-refractivity contribution < 1.29 is 9.84 Å². The third kappa shape index (κ3) is 2.81. The predicted molar refractivity (Wildman–Crippen MR) is 84.4 cm³/mol. The summed E-state index contributed by atoms with van der Waals surface area (Å²) < 4.78 is 5.83. The van der Waals surface area contributed by atoms with Gasteiger partial charge in [0, 0.05) is 7.11 Å². The van der Waals surface area contributed by atoms with Crippen LogP contribution in [0.15, 0.2) is 54.6 Å². The van der Waals surface area contributed by atoms with Crippen LogP contribution in [0.5, 0.6) is 5.75 Å². The van der Waals surface area contributed by atoms with Gasteiger partial charge in [0.1, 0.15) is 5.75 Å². The smallest absolute Gasteiger partial charge is 0.119 e. The molecular weight excluding hydrogens is 260 g/mol. The van der Waals surface area contributed by atoms with E-state index in [2.05, 4.69) is 30.3 Å². The molecule has 2 nitrogen and oxygen atoms in total. The molecule has 0 aliphatic heterocycles. The molecule has 0 amide bonds. The number of aromatic hydroxyl groups is 1. The van der Waals surface area contributed by atoms with Crippen LogP contribution in [0, 0.1) is 5.92 Å². The van der Waals surface area contributed by atoms with Crippen LogP contribution in [0.3, 0.4) is 0 Å². The van der Waals surface area contributed by atoms with E-state index in [1.54, 1.807) is 13.2 Å². The van der Waals surface area contributed by atoms with E-state index in [4.69, 9.17) is 4.74 Å². The first-order valence-electron chi connectivity index (χ1n) is 7.67. The van der Waals surface area contributed by atoms with Crippen molar-refractivity contribution >= 4 is 0 Å². The molecule has 0 spiro atoms. The lowest BCUT2D eigenvalue weighted by Crippen LogP contribution is -2.18. The van der Waals surface area contributed by atoms with Crippen molar-refractivity contribution in [2.45, 2.75) is 31.3 Å². The first-order chi connectivity index (χ1) is 10.3. The molecule has 2 heteroatoms. The molecule has 0 radical (unpaired) electrons. The molecule has 1 fully saturated rings. The first kappa shape index (κ1) is 14.2. The minimum atomic E-state index is 0.0957. The van der Waals surface area contributed by atoms with E-state index in [0.29, 0.717) is 17.6 Å². The van der Waals surface area contributed by atoms with Crippen LogP contribution in [0.2, 0.25) is 0 Å². The van der Waals surface area contributed by atoms with E-state index < -0.39 is 0 Å². The SMILES string of the molecule is COC(c1ccccc1)[C@@H]1CCC[C@H]1c1ccccc1O. The van der Waals surface area contributed by atoms with Crippen molar-refractivity contribution in [3.05, 3.63) is 65.7 Å². The normalized spacial score (nSPS) is 23.1. The zero-order valence-corrected chi connectivity index (χ0v) is 12.4. The van der Waals surface area contributed by atoms with E-state index in [0.717, 1.165) is 18.4 Å². The quantitative estimate of drug-likeness (QED) is 0.883. The van der Waals surface area contributed by atoms with E-state index in [1.165, 1.54) is 12.0 Å². The average molecular weight is 282 g/mol. The van der Waals surface area contributed by atoms with Gasteiger partial charge in [-0.2, -0.15) is 0 Å². The summed E-state index contributed by atoms with van der Waals surface area (Å²) in [5, 5.41) is 10.2. The monoisotopic (exact) mass is 282 g/mol. The van der Waals surface area contributed by atoms with Crippen molar-refractivity contribution in [1.82, 2.24) is 0 Å². The Morgan fingerprint density at radius 3 is 2.43 bits per heavy atom. The molecule has 3 rings (SSSR count). The van der Waals surface area contributed by atoms with Crippen LogP contribution >= 0.6 is 0 Å². The molecule has 0 heterocycles. The number of methoxy groups -OCH3 is 1. The van der Waals surface area contributed by atoms with Gasteiger partial charge in [-0.15, -0.1) is 0 Å². The van der Waals surface area contributed by atoms with Gasteiger partial charge in [0.15, 0.2) is 0 Å². The van der Waals surface area contributed by atoms with Crippen molar-refractivity contribution in [3.8, 4) is 5.75 Å².